The molecule has 0 amide bonds. The standard InChI is InChI=1S/C22H24FN3O3S/c1-2-16-9-11-18(12-10-16)30(27,28)26-13-5-6-17(15-26)14-21-24-22(25-29-21)19-7-3-4-8-20(19)23/h3-4,7-12,17H,2,5-6,13-15H2,1H3. The van der Waals surface area contributed by atoms with Gasteiger partial charge in [-0.15, -0.1) is 0 Å². The van der Waals surface area contributed by atoms with E-state index in [1.54, 1.807) is 30.3 Å². The van der Waals surface area contributed by atoms with Gasteiger partial charge in [0.15, 0.2) is 0 Å². The lowest BCUT2D eigenvalue weighted by atomic mass is 9.96. The summed E-state index contributed by atoms with van der Waals surface area (Å²) in [4.78, 5) is 4.63. The summed E-state index contributed by atoms with van der Waals surface area (Å²) in [6, 6.07) is 13.3. The second-order valence-electron chi connectivity index (χ2n) is 7.56. The normalized spacial score (nSPS) is 17.9. The number of rotatable bonds is 6. The molecule has 1 fully saturated rings. The third kappa shape index (κ3) is 4.29. The Morgan fingerprint density at radius 3 is 2.67 bits per heavy atom. The lowest BCUT2D eigenvalue weighted by Crippen LogP contribution is -2.40. The fourth-order valence-corrected chi connectivity index (χ4v) is 5.35. The van der Waals surface area contributed by atoms with Crippen LogP contribution in [0.25, 0.3) is 11.4 Å². The zero-order valence-corrected chi connectivity index (χ0v) is 17.6. The molecule has 1 aliphatic heterocycles. The molecule has 0 spiro atoms. The third-order valence-corrected chi connectivity index (χ3v) is 7.38. The zero-order chi connectivity index (χ0) is 21.1. The van der Waals surface area contributed by atoms with Gasteiger partial charge in [0.1, 0.15) is 5.82 Å². The molecule has 6 nitrogen and oxygen atoms in total. The average Bonchev–Trinajstić information content (AvgIpc) is 3.22. The van der Waals surface area contributed by atoms with Crippen molar-refractivity contribution in [3.8, 4) is 11.4 Å². The maximum Gasteiger partial charge on any atom is 0.243 e. The Balaban J connectivity index is 1.46. The van der Waals surface area contributed by atoms with Crippen molar-refractivity contribution >= 4 is 10.0 Å². The number of benzene rings is 2. The van der Waals surface area contributed by atoms with Crippen LogP contribution in [0.4, 0.5) is 4.39 Å². The number of sulfonamides is 1. The maximum atomic E-state index is 13.9. The average molecular weight is 430 g/mol. The SMILES string of the molecule is CCc1ccc(S(=O)(=O)N2CCCC(Cc3nc(-c4ccccc4F)no3)C2)cc1. The molecule has 2 heterocycles. The molecule has 158 valence electrons. The van der Waals surface area contributed by atoms with Crippen LogP contribution in [0.5, 0.6) is 0 Å². The van der Waals surface area contributed by atoms with Crippen molar-refractivity contribution in [2.45, 2.75) is 37.5 Å². The molecule has 1 aromatic heterocycles. The summed E-state index contributed by atoms with van der Waals surface area (Å²) in [5.74, 6) is 0.260. The van der Waals surface area contributed by atoms with E-state index in [0.29, 0.717) is 30.3 Å². The highest BCUT2D eigenvalue weighted by Gasteiger charge is 2.31. The molecule has 0 radical (unpaired) electrons. The number of aryl methyl sites for hydroxylation is 1. The summed E-state index contributed by atoms with van der Waals surface area (Å²) in [5.41, 5.74) is 1.39. The molecule has 2 aromatic carbocycles. The van der Waals surface area contributed by atoms with Gasteiger partial charge < -0.3 is 4.52 Å². The first kappa shape index (κ1) is 20.7. The van der Waals surface area contributed by atoms with Crippen molar-refractivity contribution in [3.63, 3.8) is 0 Å². The van der Waals surface area contributed by atoms with E-state index in [9.17, 15) is 12.8 Å². The van der Waals surface area contributed by atoms with Crippen LogP contribution in [0.2, 0.25) is 0 Å². The van der Waals surface area contributed by atoms with Crippen molar-refractivity contribution < 1.29 is 17.3 Å². The number of aromatic nitrogens is 2. The number of nitrogens with zero attached hydrogens (tertiary/aromatic N) is 3. The molecular formula is C22H24FN3O3S. The molecule has 30 heavy (non-hydrogen) atoms. The van der Waals surface area contributed by atoms with Gasteiger partial charge in [-0.05, 0) is 55.0 Å². The van der Waals surface area contributed by atoms with Gasteiger partial charge in [0.25, 0.3) is 0 Å². The number of hydrogen-bond donors (Lipinski definition) is 0. The highest BCUT2D eigenvalue weighted by molar-refractivity contribution is 7.89. The minimum atomic E-state index is -3.54. The lowest BCUT2D eigenvalue weighted by molar-refractivity contribution is 0.247. The summed E-state index contributed by atoms with van der Waals surface area (Å²) >= 11 is 0. The van der Waals surface area contributed by atoms with Crippen molar-refractivity contribution in [1.29, 1.82) is 0 Å². The van der Waals surface area contributed by atoms with Crippen LogP contribution >= 0.6 is 0 Å². The van der Waals surface area contributed by atoms with E-state index in [4.69, 9.17) is 4.52 Å². The van der Waals surface area contributed by atoms with E-state index in [0.717, 1.165) is 24.8 Å². The Labute approximate surface area is 175 Å². The molecule has 0 bridgehead atoms. The summed E-state index contributed by atoms with van der Waals surface area (Å²) in [6.45, 7) is 2.93. The van der Waals surface area contributed by atoms with E-state index < -0.39 is 15.8 Å². The molecule has 1 unspecified atom stereocenters. The highest BCUT2D eigenvalue weighted by atomic mass is 32.2. The molecular weight excluding hydrogens is 405 g/mol. The smallest absolute Gasteiger partial charge is 0.243 e. The van der Waals surface area contributed by atoms with Crippen molar-refractivity contribution in [3.05, 3.63) is 65.8 Å². The van der Waals surface area contributed by atoms with Crippen LogP contribution in [0, 0.1) is 11.7 Å². The van der Waals surface area contributed by atoms with E-state index >= 15 is 0 Å². The summed E-state index contributed by atoms with van der Waals surface area (Å²) in [5, 5.41) is 3.89. The Hall–Kier alpha value is -2.58. The van der Waals surface area contributed by atoms with Crippen LogP contribution in [0.1, 0.15) is 31.2 Å². The van der Waals surface area contributed by atoms with Crippen LogP contribution < -0.4 is 0 Å². The molecule has 1 atom stereocenters. The Kier molecular flexibility index (Phi) is 5.97. The largest absolute Gasteiger partial charge is 0.339 e. The molecule has 8 heteroatoms. The second kappa shape index (κ2) is 8.65. The summed E-state index contributed by atoms with van der Waals surface area (Å²) in [7, 11) is -3.54. The number of piperidine rings is 1. The van der Waals surface area contributed by atoms with Gasteiger partial charge in [-0.2, -0.15) is 9.29 Å². The first-order valence-corrected chi connectivity index (χ1v) is 11.6. The highest BCUT2D eigenvalue weighted by Crippen LogP contribution is 2.27. The number of halogens is 1. The van der Waals surface area contributed by atoms with Gasteiger partial charge in [-0.25, -0.2) is 12.8 Å². The quantitative estimate of drug-likeness (QED) is 0.590. The van der Waals surface area contributed by atoms with Gasteiger partial charge in [-0.1, -0.05) is 36.3 Å². The summed E-state index contributed by atoms with van der Waals surface area (Å²) in [6.07, 6.45) is 2.97. The first-order chi connectivity index (χ1) is 14.5. The van der Waals surface area contributed by atoms with Crippen LogP contribution in [0.3, 0.4) is 0 Å². The van der Waals surface area contributed by atoms with Crippen LogP contribution in [0.15, 0.2) is 57.9 Å². The van der Waals surface area contributed by atoms with E-state index in [-0.39, 0.29) is 17.3 Å². The lowest BCUT2D eigenvalue weighted by Gasteiger charge is -2.31. The Morgan fingerprint density at radius 1 is 1.17 bits per heavy atom. The molecule has 0 aliphatic carbocycles. The predicted octanol–water partition coefficient (Wildman–Crippen LogP) is 4.08. The van der Waals surface area contributed by atoms with Gasteiger partial charge in [-0.3, -0.25) is 0 Å². The fraction of sp³-hybridized carbons (Fsp3) is 0.364. The molecule has 3 aromatic rings. The van der Waals surface area contributed by atoms with E-state index in [1.807, 2.05) is 19.1 Å². The number of hydrogen-bond acceptors (Lipinski definition) is 5. The monoisotopic (exact) mass is 429 g/mol. The maximum absolute atomic E-state index is 13.9. The van der Waals surface area contributed by atoms with Gasteiger partial charge in [0.05, 0.1) is 10.5 Å². The van der Waals surface area contributed by atoms with Gasteiger partial charge in [0, 0.05) is 19.5 Å². The molecule has 4 rings (SSSR count). The Morgan fingerprint density at radius 2 is 1.93 bits per heavy atom. The van der Waals surface area contributed by atoms with Crippen molar-refractivity contribution in [2.24, 2.45) is 5.92 Å². The van der Waals surface area contributed by atoms with E-state index in [2.05, 4.69) is 10.1 Å². The van der Waals surface area contributed by atoms with Gasteiger partial charge >= 0.3 is 0 Å². The summed E-state index contributed by atoms with van der Waals surface area (Å²) < 4.78 is 46.9. The minimum Gasteiger partial charge on any atom is -0.339 e. The minimum absolute atomic E-state index is 0.0670. The Bertz CT molecular complexity index is 1110. The van der Waals surface area contributed by atoms with Crippen molar-refractivity contribution in [2.75, 3.05) is 13.1 Å². The van der Waals surface area contributed by atoms with Crippen molar-refractivity contribution in [1.82, 2.24) is 14.4 Å². The second-order valence-corrected chi connectivity index (χ2v) is 9.50. The van der Waals surface area contributed by atoms with E-state index in [1.165, 1.54) is 10.4 Å². The molecule has 0 N–H and O–H groups in total. The third-order valence-electron chi connectivity index (χ3n) is 5.50. The van der Waals surface area contributed by atoms with Crippen LogP contribution in [-0.4, -0.2) is 36.0 Å². The molecule has 1 aliphatic rings. The van der Waals surface area contributed by atoms with Crippen LogP contribution in [-0.2, 0) is 22.9 Å². The molecule has 1 saturated heterocycles. The van der Waals surface area contributed by atoms with Gasteiger partial charge in [0.2, 0.25) is 21.7 Å². The zero-order valence-electron chi connectivity index (χ0n) is 16.8. The molecule has 0 saturated carbocycles. The fourth-order valence-electron chi connectivity index (χ4n) is 3.79. The first-order valence-electron chi connectivity index (χ1n) is 10.1. The topological polar surface area (TPSA) is 76.3 Å². The predicted molar refractivity (Wildman–Crippen MR) is 111 cm³/mol.